The fourth-order valence-electron chi connectivity index (χ4n) is 2.04. The van der Waals surface area contributed by atoms with Crippen molar-refractivity contribution in [2.75, 3.05) is 13.2 Å². The highest BCUT2D eigenvalue weighted by molar-refractivity contribution is 4.95. The Morgan fingerprint density at radius 1 is 1.27 bits per heavy atom. The van der Waals surface area contributed by atoms with Gasteiger partial charge in [0.25, 0.3) is 0 Å². The molecule has 0 N–H and O–H groups in total. The standard InChI is InChI=1S/C9H13NO/c10-5-8-1-3-9(4-2-8)6-11-7-9/h8H,1-4,6-7H2. The predicted octanol–water partition coefficient (Wildman–Crippen LogP) is 1.72. The molecule has 1 heterocycles. The summed E-state index contributed by atoms with van der Waals surface area (Å²) in [5, 5.41) is 8.67. The van der Waals surface area contributed by atoms with E-state index in [1.54, 1.807) is 0 Å². The van der Waals surface area contributed by atoms with Gasteiger partial charge in [-0.25, -0.2) is 0 Å². The molecular formula is C9H13NO. The van der Waals surface area contributed by atoms with Crippen LogP contribution in [0.5, 0.6) is 0 Å². The van der Waals surface area contributed by atoms with E-state index >= 15 is 0 Å². The van der Waals surface area contributed by atoms with Gasteiger partial charge < -0.3 is 4.74 Å². The van der Waals surface area contributed by atoms with Gasteiger partial charge in [-0.05, 0) is 25.7 Å². The Morgan fingerprint density at radius 2 is 1.91 bits per heavy atom. The molecule has 0 atom stereocenters. The molecule has 2 nitrogen and oxygen atoms in total. The van der Waals surface area contributed by atoms with Gasteiger partial charge >= 0.3 is 0 Å². The van der Waals surface area contributed by atoms with Gasteiger partial charge in [-0.3, -0.25) is 0 Å². The van der Waals surface area contributed by atoms with Crippen LogP contribution in [0.2, 0.25) is 0 Å². The van der Waals surface area contributed by atoms with Gasteiger partial charge in [-0.1, -0.05) is 0 Å². The maximum absolute atomic E-state index is 8.67. The van der Waals surface area contributed by atoms with Gasteiger partial charge in [0.15, 0.2) is 0 Å². The fraction of sp³-hybridized carbons (Fsp3) is 0.889. The molecule has 11 heavy (non-hydrogen) atoms. The van der Waals surface area contributed by atoms with E-state index in [4.69, 9.17) is 10.00 Å². The van der Waals surface area contributed by atoms with Gasteiger partial charge in [0, 0.05) is 11.3 Å². The van der Waals surface area contributed by atoms with Crippen molar-refractivity contribution in [1.29, 1.82) is 5.26 Å². The Hall–Kier alpha value is -0.550. The summed E-state index contributed by atoms with van der Waals surface area (Å²) in [6.45, 7) is 1.90. The van der Waals surface area contributed by atoms with Crippen LogP contribution in [-0.2, 0) is 4.74 Å². The van der Waals surface area contributed by atoms with Crippen LogP contribution in [0.25, 0.3) is 0 Å². The molecule has 0 radical (unpaired) electrons. The molecule has 2 rings (SSSR count). The lowest BCUT2D eigenvalue weighted by Gasteiger charge is -2.45. The molecular weight excluding hydrogens is 138 g/mol. The van der Waals surface area contributed by atoms with Crippen LogP contribution < -0.4 is 0 Å². The Kier molecular flexibility index (Phi) is 1.61. The second kappa shape index (κ2) is 2.49. The van der Waals surface area contributed by atoms with Crippen molar-refractivity contribution in [1.82, 2.24) is 0 Å². The van der Waals surface area contributed by atoms with Gasteiger partial charge in [0.05, 0.1) is 19.3 Å². The number of ether oxygens (including phenoxy) is 1. The minimum Gasteiger partial charge on any atom is -0.380 e. The van der Waals surface area contributed by atoms with Crippen molar-refractivity contribution < 1.29 is 4.74 Å². The summed E-state index contributed by atoms with van der Waals surface area (Å²) in [6.07, 6.45) is 4.62. The summed E-state index contributed by atoms with van der Waals surface area (Å²) in [5.41, 5.74) is 0.507. The molecule has 2 heteroatoms. The first-order valence-corrected chi connectivity index (χ1v) is 4.32. The van der Waals surface area contributed by atoms with Crippen molar-refractivity contribution >= 4 is 0 Å². The first-order chi connectivity index (χ1) is 5.35. The normalized spacial score (nSPS) is 29.4. The van der Waals surface area contributed by atoms with Crippen molar-refractivity contribution in [2.24, 2.45) is 11.3 Å². The number of hydrogen-bond acceptors (Lipinski definition) is 2. The van der Waals surface area contributed by atoms with Crippen LogP contribution >= 0.6 is 0 Å². The van der Waals surface area contributed by atoms with Gasteiger partial charge in [0.2, 0.25) is 0 Å². The summed E-state index contributed by atoms with van der Waals surface area (Å²) in [4.78, 5) is 0. The summed E-state index contributed by atoms with van der Waals surface area (Å²) >= 11 is 0. The van der Waals surface area contributed by atoms with Crippen LogP contribution in [0, 0.1) is 22.7 Å². The molecule has 1 aliphatic carbocycles. The van der Waals surface area contributed by atoms with E-state index in [0.29, 0.717) is 11.3 Å². The lowest BCUT2D eigenvalue weighted by atomic mass is 9.69. The molecule has 0 aromatic heterocycles. The topological polar surface area (TPSA) is 33.0 Å². The van der Waals surface area contributed by atoms with Crippen molar-refractivity contribution in [2.45, 2.75) is 25.7 Å². The SMILES string of the molecule is N#CC1CCC2(CC1)COC2. The van der Waals surface area contributed by atoms with E-state index in [9.17, 15) is 0 Å². The van der Waals surface area contributed by atoms with Crippen LogP contribution in [0.1, 0.15) is 25.7 Å². The van der Waals surface area contributed by atoms with E-state index < -0.39 is 0 Å². The largest absolute Gasteiger partial charge is 0.380 e. The van der Waals surface area contributed by atoms with E-state index in [0.717, 1.165) is 26.1 Å². The zero-order valence-corrected chi connectivity index (χ0v) is 6.68. The van der Waals surface area contributed by atoms with E-state index in [2.05, 4.69) is 6.07 Å². The second-order valence-electron chi connectivity index (χ2n) is 3.90. The van der Waals surface area contributed by atoms with E-state index in [1.807, 2.05) is 0 Å². The van der Waals surface area contributed by atoms with Crippen molar-refractivity contribution in [3.63, 3.8) is 0 Å². The Balaban J connectivity index is 1.90. The lowest BCUT2D eigenvalue weighted by molar-refractivity contribution is -0.133. The predicted molar refractivity (Wildman–Crippen MR) is 40.8 cm³/mol. The highest BCUT2D eigenvalue weighted by atomic mass is 16.5. The molecule has 0 aromatic rings. The Labute approximate surface area is 67.2 Å². The maximum Gasteiger partial charge on any atom is 0.0655 e. The van der Waals surface area contributed by atoms with Crippen LogP contribution in [0.15, 0.2) is 0 Å². The third kappa shape index (κ3) is 1.14. The van der Waals surface area contributed by atoms with Crippen molar-refractivity contribution in [3.05, 3.63) is 0 Å². The number of nitriles is 1. The minimum absolute atomic E-state index is 0.334. The molecule has 60 valence electrons. The number of hydrogen-bond donors (Lipinski definition) is 0. The van der Waals surface area contributed by atoms with Crippen molar-refractivity contribution in [3.8, 4) is 6.07 Å². The maximum atomic E-state index is 8.67. The first-order valence-electron chi connectivity index (χ1n) is 4.32. The lowest BCUT2D eigenvalue weighted by Crippen LogP contribution is -2.44. The molecule has 1 saturated heterocycles. The van der Waals surface area contributed by atoms with E-state index in [1.165, 1.54) is 12.8 Å². The molecule has 2 fully saturated rings. The average Bonchev–Trinajstić information content (AvgIpc) is 2.02. The van der Waals surface area contributed by atoms with Gasteiger partial charge in [0.1, 0.15) is 0 Å². The number of rotatable bonds is 0. The summed E-state index contributed by atoms with van der Waals surface area (Å²) < 4.78 is 5.20. The highest BCUT2D eigenvalue weighted by Gasteiger charge is 2.41. The first kappa shape index (κ1) is 7.12. The summed E-state index contributed by atoms with van der Waals surface area (Å²) in [5.74, 6) is 0.334. The van der Waals surface area contributed by atoms with Crippen LogP contribution in [-0.4, -0.2) is 13.2 Å². The van der Waals surface area contributed by atoms with Gasteiger partial charge in [-0.2, -0.15) is 5.26 Å². The molecule has 0 bridgehead atoms. The van der Waals surface area contributed by atoms with Gasteiger partial charge in [-0.15, -0.1) is 0 Å². The average molecular weight is 151 g/mol. The Bertz CT molecular complexity index is 180. The Morgan fingerprint density at radius 3 is 2.27 bits per heavy atom. The second-order valence-corrected chi connectivity index (χ2v) is 3.90. The third-order valence-electron chi connectivity index (χ3n) is 3.05. The quantitative estimate of drug-likeness (QED) is 0.528. The monoisotopic (exact) mass is 151 g/mol. The zero-order valence-electron chi connectivity index (χ0n) is 6.68. The molecule has 0 aromatic carbocycles. The molecule has 1 spiro atoms. The highest BCUT2D eigenvalue weighted by Crippen LogP contribution is 2.43. The van der Waals surface area contributed by atoms with Crippen LogP contribution in [0.4, 0.5) is 0 Å². The smallest absolute Gasteiger partial charge is 0.0655 e. The molecule has 0 unspecified atom stereocenters. The molecule has 1 saturated carbocycles. The summed E-state index contributed by atoms with van der Waals surface area (Å²) in [6, 6.07) is 2.35. The molecule has 0 amide bonds. The molecule has 1 aliphatic heterocycles. The molecule has 2 aliphatic rings. The van der Waals surface area contributed by atoms with Crippen LogP contribution in [0.3, 0.4) is 0 Å². The van der Waals surface area contributed by atoms with E-state index in [-0.39, 0.29) is 0 Å². The third-order valence-corrected chi connectivity index (χ3v) is 3.05. The minimum atomic E-state index is 0.334. The zero-order chi connectivity index (χ0) is 7.73. The number of nitrogens with zero attached hydrogens (tertiary/aromatic N) is 1. The summed E-state index contributed by atoms with van der Waals surface area (Å²) in [7, 11) is 0. The fourth-order valence-corrected chi connectivity index (χ4v) is 2.04.